The molecule has 3 N–H and O–H groups in total. The summed E-state index contributed by atoms with van der Waals surface area (Å²) in [6.45, 7) is 9.03. The van der Waals surface area contributed by atoms with E-state index in [9.17, 15) is 4.79 Å². The van der Waals surface area contributed by atoms with Crippen molar-refractivity contribution in [1.29, 1.82) is 0 Å². The highest BCUT2D eigenvalue weighted by molar-refractivity contribution is 8.00. The minimum Gasteiger partial charge on any atom is -0.361 e. The maximum atomic E-state index is 12.0. The molecule has 1 rings (SSSR count). The van der Waals surface area contributed by atoms with E-state index in [0.29, 0.717) is 11.0 Å². The first-order chi connectivity index (χ1) is 10.4. The number of thiocarbonyl (C=S) groups is 1. The van der Waals surface area contributed by atoms with E-state index in [-0.39, 0.29) is 11.2 Å². The van der Waals surface area contributed by atoms with Crippen LogP contribution in [-0.2, 0) is 4.79 Å². The lowest BCUT2D eigenvalue weighted by atomic mass is 10.1. The van der Waals surface area contributed by atoms with Gasteiger partial charge in [0.2, 0.25) is 0 Å². The van der Waals surface area contributed by atoms with Gasteiger partial charge in [-0.2, -0.15) is 0 Å². The van der Waals surface area contributed by atoms with Crippen molar-refractivity contribution in [3.05, 3.63) is 29.8 Å². The molecule has 0 saturated carbocycles. The van der Waals surface area contributed by atoms with Crippen LogP contribution in [-0.4, -0.2) is 22.8 Å². The van der Waals surface area contributed by atoms with Crippen LogP contribution in [0.3, 0.4) is 0 Å². The molecule has 0 bridgehead atoms. The highest BCUT2D eigenvalue weighted by Gasteiger charge is 2.14. The minimum absolute atomic E-state index is 0.0985. The predicted octanol–water partition coefficient (Wildman–Crippen LogP) is 3.02. The van der Waals surface area contributed by atoms with Gasteiger partial charge in [0.05, 0.1) is 5.25 Å². The van der Waals surface area contributed by atoms with Gasteiger partial charge >= 0.3 is 0 Å². The molecule has 0 aliphatic carbocycles. The van der Waals surface area contributed by atoms with Crippen LogP contribution >= 0.6 is 24.0 Å². The number of thioether (sulfide) groups is 1. The molecule has 0 aliphatic rings. The van der Waals surface area contributed by atoms with Crippen molar-refractivity contribution in [2.75, 3.05) is 6.54 Å². The van der Waals surface area contributed by atoms with Gasteiger partial charge in [0.15, 0.2) is 5.11 Å². The molecule has 1 atom stereocenters. The highest BCUT2D eigenvalue weighted by Crippen LogP contribution is 2.23. The normalized spacial score (nSPS) is 11.9. The number of carbonyl (C=O) groups is 1. The summed E-state index contributed by atoms with van der Waals surface area (Å²) < 4.78 is 0. The molecule has 0 fully saturated rings. The number of nitrogens with one attached hydrogen (secondary N) is 3. The molecule has 0 saturated heterocycles. The van der Waals surface area contributed by atoms with E-state index in [1.807, 2.05) is 38.1 Å². The molecule has 1 amide bonds. The summed E-state index contributed by atoms with van der Waals surface area (Å²) in [5, 5.41) is 3.31. The van der Waals surface area contributed by atoms with Gasteiger partial charge in [0.25, 0.3) is 5.91 Å². The van der Waals surface area contributed by atoms with Gasteiger partial charge in [0.1, 0.15) is 0 Å². The first-order valence-corrected chi connectivity index (χ1v) is 8.74. The zero-order chi connectivity index (χ0) is 16.5. The lowest BCUT2D eigenvalue weighted by molar-refractivity contribution is -0.120. The van der Waals surface area contributed by atoms with Crippen molar-refractivity contribution >= 4 is 35.0 Å². The average Bonchev–Trinajstić information content (AvgIpc) is 2.46. The van der Waals surface area contributed by atoms with Crippen LogP contribution in [0.4, 0.5) is 0 Å². The van der Waals surface area contributed by atoms with Gasteiger partial charge in [-0.15, -0.1) is 11.8 Å². The molecule has 6 heteroatoms. The van der Waals surface area contributed by atoms with E-state index < -0.39 is 0 Å². The summed E-state index contributed by atoms with van der Waals surface area (Å²) in [5.74, 6) is 0.523. The van der Waals surface area contributed by atoms with E-state index in [2.05, 4.69) is 30.0 Å². The van der Waals surface area contributed by atoms with Crippen LogP contribution in [0.5, 0.6) is 0 Å². The van der Waals surface area contributed by atoms with Crippen molar-refractivity contribution < 1.29 is 4.79 Å². The molecule has 0 spiro atoms. The van der Waals surface area contributed by atoms with Crippen LogP contribution in [0.1, 0.15) is 32.8 Å². The Balaban J connectivity index is 2.29. The van der Waals surface area contributed by atoms with Crippen molar-refractivity contribution in [2.24, 2.45) is 5.92 Å². The Bertz CT molecular complexity index is 489. The molecule has 0 radical (unpaired) electrons. The molecule has 1 aromatic rings. The second-order valence-corrected chi connectivity index (χ2v) is 7.45. The van der Waals surface area contributed by atoms with Gasteiger partial charge in [-0.3, -0.25) is 15.6 Å². The summed E-state index contributed by atoms with van der Waals surface area (Å²) in [5.41, 5.74) is 6.59. The van der Waals surface area contributed by atoms with E-state index in [0.717, 1.165) is 17.9 Å². The fraction of sp³-hybridized carbons (Fsp3) is 0.500. The molecule has 0 heterocycles. The molecule has 0 aromatic heterocycles. The molecule has 4 nitrogen and oxygen atoms in total. The maximum absolute atomic E-state index is 12.0. The largest absolute Gasteiger partial charge is 0.361 e. The maximum Gasteiger partial charge on any atom is 0.251 e. The zero-order valence-electron chi connectivity index (χ0n) is 13.6. The average molecular weight is 340 g/mol. The Morgan fingerprint density at radius 3 is 2.41 bits per heavy atom. The first-order valence-electron chi connectivity index (χ1n) is 7.45. The summed E-state index contributed by atoms with van der Waals surface area (Å²) >= 11 is 6.63. The Hall–Kier alpha value is -1.27. The molecule has 122 valence electrons. The van der Waals surface area contributed by atoms with Crippen LogP contribution in [0.2, 0.25) is 0 Å². The molecular formula is C16H25N3OS2. The number of benzene rings is 1. The lowest BCUT2D eigenvalue weighted by Crippen LogP contribution is -2.49. The van der Waals surface area contributed by atoms with Crippen LogP contribution in [0.25, 0.3) is 0 Å². The van der Waals surface area contributed by atoms with Gasteiger partial charge in [-0.05, 0) is 50.5 Å². The molecule has 0 unspecified atom stereocenters. The van der Waals surface area contributed by atoms with E-state index in [4.69, 9.17) is 12.2 Å². The Kier molecular flexibility index (Phi) is 8.27. The van der Waals surface area contributed by atoms with E-state index in [1.165, 1.54) is 17.3 Å². The van der Waals surface area contributed by atoms with Crippen molar-refractivity contribution in [2.45, 2.75) is 44.3 Å². The van der Waals surface area contributed by atoms with E-state index in [1.54, 1.807) is 0 Å². The molecule has 0 aliphatic heterocycles. The number of carbonyl (C=O) groups excluding carboxylic acids is 1. The van der Waals surface area contributed by atoms with Crippen molar-refractivity contribution in [1.82, 2.24) is 16.2 Å². The molecule has 1 aromatic carbocycles. The summed E-state index contributed by atoms with van der Waals surface area (Å²) in [4.78, 5) is 13.1. The molecular weight excluding hydrogens is 314 g/mol. The third kappa shape index (κ3) is 7.66. The van der Waals surface area contributed by atoms with Crippen LogP contribution < -0.4 is 16.2 Å². The number of rotatable bonds is 6. The number of hydrazine groups is 1. The monoisotopic (exact) mass is 339 g/mol. The SMILES string of the molecule is Cc1ccc(S[C@H](C)C(=O)NNC(=S)NCCC(C)C)cc1. The Morgan fingerprint density at radius 1 is 1.18 bits per heavy atom. The number of hydrogen-bond acceptors (Lipinski definition) is 3. The first kappa shape index (κ1) is 18.8. The zero-order valence-corrected chi connectivity index (χ0v) is 15.2. The van der Waals surface area contributed by atoms with Gasteiger partial charge in [-0.25, -0.2) is 0 Å². The van der Waals surface area contributed by atoms with Gasteiger partial charge < -0.3 is 5.32 Å². The predicted molar refractivity (Wildman–Crippen MR) is 97.8 cm³/mol. The fourth-order valence-electron chi connectivity index (χ4n) is 1.61. The smallest absolute Gasteiger partial charge is 0.251 e. The number of hydrogen-bond donors (Lipinski definition) is 3. The lowest BCUT2D eigenvalue weighted by Gasteiger charge is -2.15. The summed E-state index contributed by atoms with van der Waals surface area (Å²) in [6, 6.07) is 8.13. The van der Waals surface area contributed by atoms with Crippen LogP contribution in [0.15, 0.2) is 29.2 Å². The Labute approximate surface area is 142 Å². The second-order valence-electron chi connectivity index (χ2n) is 5.63. The van der Waals surface area contributed by atoms with Crippen molar-refractivity contribution in [3.8, 4) is 0 Å². The number of aryl methyl sites for hydroxylation is 1. The third-order valence-corrected chi connectivity index (χ3v) is 4.37. The summed E-state index contributed by atoms with van der Waals surface area (Å²) in [6.07, 6.45) is 1.04. The standard InChI is InChI=1S/C16H25N3OS2/c1-11(2)9-10-17-16(21)19-18-15(20)13(4)22-14-7-5-12(3)6-8-14/h5-8,11,13H,9-10H2,1-4H3,(H,18,20)(H2,17,19,21)/t13-/m1/s1. The van der Waals surface area contributed by atoms with Gasteiger partial charge in [0, 0.05) is 11.4 Å². The topological polar surface area (TPSA) is 53.2 Å². The third-order valence-electron chi connectivity index (χ3n) is 3.01. The van der Waals surface area contributed by atoms with Crippen molar-refractivity contribution in [3.63, 3.8) is 0 Å². The minimum atomic E-state index is -0.200. The second kappa shape index (κ2) is 9.69. The van der Waals surface area contributed by atoms with Crippen LogP contribution in [0, 0.1) is 12.8 Å². The Morgan fingerprint density at radius 2 is 1.82 bits per heavy atom. The quantitative estimate of drug-likeness (QED) is 0.423. The van der Waals surface area contributed by atoms with Gasteiger partial charge in [-0.1, -0.05) is 31.5 Å². The summed E-state index contributed by atoms with van der Waals surface area (Å²) in [7, 11) is 0. The molecule has 22 heavy (non-hydrogen) atoms. The van der Waals surface area contributed by atoms with E-state index >= 15 is 0 Å². The highest BCUT2D eigenvalue weighted by atomic mass is 32.2. The fourth-order valence-corrected chi connectivity index (χ4v) is 2.63. The number of amides is 1.